The molecule has 7 heteroatoms. The Balaban J connectivity index is 1.59. The Hall–Kier alpha value is -2.67. The molecule has 0 saturated carbocycles. The van der Waals surface area contributed by atoms with Crippen LogP contribution in [0.1, 0.15) is 6.92 Å². The van der Waals surface area contributed by atoms with Crippen LogP contribution in [0.3, 0.4) is 0 Å². The highest BCUT2D eigenvalue weighted by Crippen LogP contribution is 2.27. The fraction of sp³-hybridized carbons (Fsp3) is 0.316. The van der Waals surface area contributed by atoms with Crippen molar-refractivity contribution in [3.05, 3.63) is 54.1 Å². The summed E-state index contributed by atoms with van der Waals surface area (Å²) in [5, 5.41) is 12.4. The lowest BCUT2D eigenvalue weighted by Gasteiger charge is -2.38. The van der Waals surface area contributed by atoms with Crippen LogP contribution in [0.4, 0.5) is 20.2 Å². The highest BCUT2D eigenvalue weighted by Gasteiger charge is 2.27. The number of nitrogens with one attached hydrogen (secondary N) is 1. The van der Waals surface area contributed by atoms with E-state index in [1.54, 1.807) is 19.1 Å². The summed E-state index contributed by atoms with van der Waals surface area (Å²) in [6.45, 7) is 4.29. The molecule has 1 fully saturated rings. The number of aromatic hydroxyl groups is 1. The molecular formula is C19H21F2N3O2. The van der Waals surface area contributed by atoms with Gasteiger partial charge in [-0.05, 0) is 31.2 Å². The first-order valence-corrected chi connectivity index (χ1v) is 8.48. The van der Waals surface area contributed by atoms with Gasteiger partial charge in [0.1, 0.15) is 17.4 Å². The largest absolute Gasteiger partial charge is 0.506 e. The van der Waals surface area contributed by atoms with Crippen molar-refractivity contribution >= 4 is 17.3 Å². The van der Waals surface area contributed by atoms with Gasteiger partial charge < -0.3 is 15.3 Å². The molecule has 1 saturated heterocycles. The minimum absolute atomic E-state index is 0.158. The van der Waals surface area contributed by atoms with E-state index in [4.69, 9.17) is 0 Å². The molecule has 0 aliphatic carbocycles. The zero-order valence-corrected chi connectivity index (χ0v) is 14.5. The van der Waals surface area contributed by atoms with Gasteiger partial charge >= 0.3 is 0 Å². The number of phenolic OH excluding ortho intramolecular Hbond substituents is 1. The number of carbonyl (C=O) groups excluding carboxylic acids is 1. The number of halogens is 2. The minimum Gasteiger partial charge on any atom is -0.506 e. The standard InChI is InChI=1S/C19H21F2N3O2/c1-13(19(26)22-16-12-14(20)6-7-15(16)21)23-8-10-24(11-9-23)17-4-2-3-5-18(17)25/h2-7,12-13,25H,8-11H2,1H3,(H,22,26). The van der Waals surface area contributed by atoms with Crippen molar-refractivity contribution in [2.45, 2.75) is 13.0 Å². The van der Waals surface area contributed by atoms with Crippen LogP contribution in [-0.4, -0.2) is 48.1 Å². The SMILES string of the molecule is CC(C(=O)Nc1cc(F)ccc1F)N1CCN(c2ccccc2O)CC1. The van der Waals surface area contributed by atoms with Gasteiger partial charge in [0.2, 0.25) is 5.91 Å². The average Bonchev–Trinajstić information content (AvgIpc) is 2.64. The number of piperazine rings is 1. The number of rotatable bonds is 4. The molecule has 0 spiro atoms. The van der Waals surface area contributed by atoms with Gasteiger partial charge in [0.05, 0.1) is 17.4 Å². The molecule has 2 aromatic carbocycles. The summed E-state index contributed by atoms with van der Waals surface area (Å²) in [4.78, 5) is 16.4. The Morgan fingerprint density at radius 1 is 1.12 bits per heavy atom. The Bertz CT molecular complexity index is 792. The van der Waals surface area contributed by atoms with Crippen LogP contribution in [0, 0.1) is 11.6 Å². The summed E-state index contributed by atoms with van der Waals surface area (Å²) in [5.41, 5.74) is 0.612. The maximum Gasteiger partial charge on any atom is 0.241 e. The highest BCUT2D eigenvalue weighted by molar-refractivity contribution is 5.94. The third-order valence-corrected chi connectivity index (χ3v) is 4.65. The van der Waals surface area contributed by atoms with E-state index in [0.29, 0.717) is 26.2 Å². The van der Waals surface area contributed by atoms with E-state index in [0.717, 1.165) is 23.9 Å². The molecule has 1 aliphatic rings. The molecule has 0 bridgehead atoms. The van der Waals surface area contributed by atoms with Crippen LogP contribution in [0.25, 0.3) is 0 Å². The predicted octanol–water partition coefficient (Wildman–Crippen LogP) is 2.82. The lowest BCUT2D eigenvalue weighted by Crippen LogP contribution is -2.52. The van der Waals surface area contributed by atoms with Crippen molar-refractivity contribution in [1.29, 1.82) is 0 Å². The number of nitrogens with zero attached hydrogens (tertiary/aromatic N) is 2. The van der Waals surface area contributed by atoms with Gasteiger partial charge in [-0.15, -0.1) is 0 Å². The maximum atomic E-state index is 13.7. The van der Waals surface area contributed by atoms with Gasteiger partial charge in [-0.3, -0.25) is 9.69 Å². The second kappa shape index (κ2) is 7.70. The van der Waals surface area contributed by atoms with Crippen LogP contribution in [-0.2, 0) is 4.79 Å². The number of benzene rings is 2. The van der Waals surface area contributed by atoms with Crippen molar-refractivity contribution in [3.8, 4) is 5.75 Å². The van der Waals surface area contributed by atoms with Gasteiger partial charge in [-0.25, -0.2) is 8.78 Å². The lowest BCUT2D eigenvalue weighted by atomic mass is 10.2. The second-order valence-electron chi connectivity index (χ2n) is 6.30. The number of amides is 1. The highest BCUT2D eigenvalue weighted by atomic mass is 19.1. The van der Waals surface area contributed by atoms with Gasteiger partial charge in [-0.2, -0.15) is 0 Å². The number of anilines is 2. The number of para-hydroxylation sites is 2. The Morgan fingerprint density at radius 3 is 2.50 bits per heavy atom. The van der Waals surface area contributed by atoms with Gasteiger partial charge in [0.25, 0.3) is 0 Å². The fourth-order valence-electron chi connectivity index (χ4n) is 3.08. The third kappa shape index (κ3) is 3.94. The molecule has 1 atom stereocenters. The lowest BCUT2D eigenvalue weighted by molar-refractivity contribution is -0.120. The number of phenols is 1. The Labute approximate surface area is 150 Å². The van der Waals surface area contributed by atoms with E-state index < -0.39 is 17.7 Å². The van der Waals surface area contributed by atoms with E-state index in [9.17, 15) is 18.7 Å². The van der Waals surface area contributed by atoms with E-state index in [1.165, 1.54) is 0 Å². The van der Waals surface area contributed by atoms with Crippen molar-refractivity contribution in [2.75, 3.05) is 36.4 Å². The molecular weight excluding hydrogens is 340 g/mol. The quantitative estimate of drug-likeness (QED) is 0.879. The van der Waals surface area contributed by atoms with Gasteiger partial charge in [0.15, 0.2) is 0 Å². The first-order chi connectivity index (χ1) is 12.5. The van der Waals surface area contributed by atoms with Crippen LogP contribution in [0.2, 0.25) is 0 Å². The maximum absolute atomic E-state index is 13.7. The second-order valence-corrected chi connectivity index (χ2v) is 6.30. The van der Waals surface area contributed by atoms with Crippen molar-refractivity contribution in [3.63, 3.8) is 0 Å². The molecule has 26 heavy (non-hydrogen) atoms. The first kappa shape index (κ1) is 18.1. The molecule has 1 unspecified atom stereocenters. The minimum atomic E-state index is -0.670. The summed E-state index contributed by atoms with van der Waals surface area (Å²) < 4.78 is 26.9. The topological polar surface area (TPSA) is 55.8 Å². The summed E-state index contributed by atoms with van der Waals surface area (Å²) >= 11 is 0. The molecule has 0 aromatic heterocycles. The van der Waals surface area contributed by atoms with Crippen molar-refractivity contribution in [2.24, 2.45) is 0 Å². The zero-order valence-electron chi connectivity index (χ0n) is 14.5. The van der Waals surface area contributed by atoms with Crippen molar-refractivity contribution < 1.29 is 18.7 Å². The smallest absolute Gasteiger partial charge is 0.241 e. The third-order valence-electron chi connectivity index (χ3n) is 4.65. The van der Waals surface area contributed by atoms with Crippen LogP contribution >= 0.6 is 0 Å². The summed E-state index contributed by atoms with van der Waals surface area (Å²) in [6, 6.07) is 9.62. The number of hydrogen-bond acceptors (Lipinski definition) is 4. The molecule has 0 radical (unpaired) electrons. The van der Waals surface area contributed by atoms with Crippen LogP contribution in [0.5, 0.6) is 5.75 Å². The molecule has 1 heterocycles. The number of carbonyl (C=O) groups is 1. The molecule has 138 valence electrons. The van der Waals surface area contributed by atoms with E-state index >= 15 is 0 Å². The van der Waals surface area contributed by atoms with Crippen LogP contribution in [0.15, 0.2) is 42.5 Å². The molecule has 3 rings (SSSR count). The normalized spacial score (nSPS) is 16.3. The summed E-state index contributed by atoms with van der Waals surface area (Å²) in [7, 11) is 0. The van der Waals surface area contributed by atoms with E-state index in [1.807, 2.05) is 17.0 Å². The van der Waals surface area contributed by atoms with Gasteiger partial charge in [-0.1, -0.05) is 12.1 Å². The monoisotopic (exact) mass is 361 g/mol. The molecule has 2 aromatic rings. The molecule has 1 amide bonds. The molecule has 2 N–H and O–H groups in total. The van der Waals surface area contributed by atoms with Gasteiger partial charge in [0, 0.05) is 32.2 Å². The van der Waals surface area contributed by atoms with E-state index in [2.05, 4.69) is 10.2 Å². The fourth-order valence-corrected chi connectivity index (χ4v) is 3.08. The molecule has 5 nitrogen and oxygen atoms in total. The Morgan fingerprint density at radius 2 is 1.81 bits per heavy atom. The first-order valence-electron chi connectivity index (χ1n) is 8.48. The van der Waals surface area contributed by atoms with Crippen molar-refractivity contribution in [1.82, 2.24) is 4.90 Å². The van der Waals surface area contributed by atoms with E-state index in [-0.39, 0.29) is 17.3 Å². The van der Waals surface area contributed by atoms with Crippen LogP contribution < -0.4 is 10.2 Å². The molecule has 1 aliphatic heterocycles. The zero-order chi connectivity index (χ0) is 18.7. The summed E-state index contributed by atoms with van der Waals surface area (Å²) in [5.74, 6) is -1.43. The average molecular weight is 361 g/mol. The summed E-state index contributed by atoms with van der Waals surface area (Å²) in [6.07, 6.45) is 0. The number of hydrogen-bond donors (Lipinski definition) is 2. The Kier molecular flexibility index (Phi) is 5.37. The predicted molar refractivity (Wildman–Crippen MR) is 96.3 cm³/mol.